The first-order valence-electron chi connectivity index (χ1n) is 7.60. The summed E-state index contributed by atoms with van der Waals surface area (Å²) < 4.78 is 5.17. The van der Waals surface area contributed by atoms with E-state index in [1.54, 1.807) is 0 Å². The van der Waals surface area contributed by atoms with Crippen molar-refractivity contribution in [2.45, 2.75) is 56.7 Å². The fourth-order valence-electron chi connectivity index (χ4n) is 1.81. The maximum absolute atomic E-state index is 12.2. The van der Waals surface area contributed by atoms with Gasteiger partial charge in [0.15, 0.2) is 5.82 Å². The summed E-state index contributed by atoms with van der Waals surface area (Å²) in [5, 5.41) is 6.59. The average Bonchev–Trinajstić information content (AvgIpc) is 2.96. The molecule has 0 aliphatic heterocycles. The molecule has 6 heteroatoms. The highest BCUT2D eigenvalue weighted by Gasteiger charge is 2.21. The highest BCUT2D eigenvalue weighted by Crippen LogP contribution is 2.23. The molecule has 1 N–H and O–H groups in total. The number of benzene rings is 1. The van der Waals surface area contributed by atoms with E-state index in [0.29, 0.717) is 11.7 Å². The number of nitrogens with zero attached hydrogens (tertiary/aromatic N) is 2. The second kappa shape index (κ2) is 7.17. The van der Waals surface area contributed by atoms with Crippen LogP contribution in [0.2, 0.25) is 0 Å². The molecule has 2 aromatic rings. The van der Waals surface area contributed by atoms with Crippen molar-refractivity contribution in [1.29, 1.82) is 0 Å². The molecule has 1 atom stereocenters. The Kier molecular flexibility index (Phi) is 5.46. The highest BCUT2D eigenvalue weighted by atomic mass is 32.2. The summed E-state index contributed by atoms with van der Waals surface area (Å²) in [6, 6.07) is 8.13. The van der Waals surface area contributed by atoms with Crippen LogP contribution in [0.25, 0.3) is 0 Å². The van der Waals surface area contributed by atoms with Crippen molar-refractivity contribution in [3.05, 3.63) is 41.5 Å². The minimum Gasteiger partial charge on any atom is -0.346 e. The van der Waals surface area contributed by atoms with Gasteiger partial charge in [-0.05, 0) is 26.0 Å². The molecule has 0 saturated carbocycles. The fraction of sp³-hybridized carbons (Fsp3) is 0.471. The molecule has 0 saturated heterocycles. The maximum Gasteiger partial charge on any atom is 0.246 e. The summed E-state index contributed by atoms with van der Waals surface area (Å²) in [4.78, 5) is 17.6. The third kappa shape index (κ3) is 5.10. The number of hydrogen-bond donors (Lipinski definition) is 1. The Labute approximate surface area is 141 Å². The lowest BCUT2D eigenvalue weighted by atomic mass is 9.96. The number of carbonyl (C=O) groups is 1. The second-order valence-electron chi connectivity index (χ2n) is 6.55. The van der Waals surface area contributed by atoms with Crippen molar-refractivity contribution in [2.24, 2.45) is 0 Å². The lowest BCUT2D eigenvalue weighted by Crippen LogP contribution is -2.30. The summed E-state index contributed by atoms with van der Waals surface area (Å²) in [7, 11) is 0. The molecule has 0 fully saturated rings. The smallest absolute Gasteiger partial charge is 0.246 e. The number of rotatable bonds is 5. The zero-order chi connectivity index (χ0) is 17.0. The van der Waals surface area contributed by atoms with E-state index in [4.69, 9.17) is 4.52 Å². The molecule has 0 bridgehead atoms. The molecular weight excluding hydrogens is 310 g/mol. The van der Waals surface area contributed by atoms with Crippen molar-refractivity contribution in [3.8, 4) is 0 Å². The molecule has 5 nitrogen and oxygen atoms in total. The molecule has 0 radical (unpaired) electrons. The van der Waals surface area contributed by atoms with Gasteiger partial charge in [0.2, 0.25) is 11.8 Å². The highest BCUT2D eigenvalue weighted by molar-refractivity contribution is 8.00. The van der Waals surface area contributed by atoms with Crippen molar-refractivity contribution < 1.29 is 9.32 Å². The Morgan fingerprint density at radius 3 is 2.52 bits per heavy atom. The monoisotopic (exact) mass is 333 g/mol. The summed E-state index contributed by atoms with van der Waals surface area (Å²) in [6.45, 7) is 10.2. The molecule has 2 rings (SSSR count). The van der Waals surface area contributed by atoms with E-state index in [1.165, 1.54) is 17.3 Å². The summed E-state index contributed by atoms with van der Waals surface area (Å²) in [5.74, 6) is 1.02. The summed E-state index contributed by atoms with van der Waals surface area (Å²) in [6.07, 6.45) is 0. The van der Waals surface area contributed by atoms with Gasteiger partial charge in [0.25, 0.3) is 0 Å². The number of hydrogen-bond acceptors (Lipinski definition) is 5. The Balaban J connectivity index is 1.86. The van der Waals surface area contributed by atoms with Gasteiger partial charge >= 0.3 is 0 Å². The van der Waals surface area contributed by atoms with Crippen LogP contribution in [0.3, 0.4) is 0 Å². The largest absolute Gasteiger partial charge is 0.346 e. The Bertz CT molecular complexity index is 659. The third-order valence-electron chi connectivity index (χ3n) is 3.26. The van der Waals surface area contributed by atoms with E-state index >= 15 is 0 Å². The topological polar surface area (TPSA) is 68.0 Å². The van der Waals surface area contributed by atoms with E-state index in [1.807, 2.05) is 58.9 Å². The van der Waals surface area contributed by atoms with Gasteiger partial charge < -0.3 is 9.84 Å². The number of aromatic nitrogens is 2. The van der Waals surface area contributed by atoms with Gasteiger partial charge in [-0.3, -0.25) is 4.79 Å². The van der Waals surface area contributed by atoms with Gasteiger partial charge in [0.05, 0.1) is 11.8 Å². The number of aryl methyl sites for hydroxylation is 1. The lowest BCUT2D eigenvalue weighted by Gasteiger charge is -2.11. The first-order chi connectivity index (χ1) is 10.8. The molecule has 0 unspecified atom stereocenters. The minimum absolute atomic E-state index is 0.0499. The van der Waals surface area contributed by atoms with Crippen LogP contribution in [0.15, 0.2) is 33.7 Å². The molecule has 1 aromatic carbocycles. The average molecular weight is 333 g/mol. The van der Waals surface area contributed by atoms with Crippen LogP contribution in [0, 0.1) is 6.92 Å². The van der Waals surface area contributed by atoms with E-state index in [2.05, 4.69) is 15.5 Å². The first kappa shape index (κ1) is 17.5. The maximum atomic E-state index is 12.2. The zero-order valence-corrected chi connectivity index (χ0v) is 15.0. The van der Waals surface area contributed by atoms with Crippen LogP contribution in [-0.4, -0.2) is 21.3 Å². The van der Waals surface area contributed by atoms with Gasteiger partial charge in [-0.1, -0.05) is 43.6 Å². The Morgan fingerprint density at radius 1 is 1.30 bits per heavy atom. The molecule has 23 heavy (non-hydrogen) atoms. The summed E-state index contributed by atoms with van der Waals surface area (Å²) >= 11 is 1.53. The molecule has 0 spiro atoms. The first-order valence-corrected chi connectivity index (χ1v) is 8.48. The van der Waals surface area contributed by atoms with Gasteiger partial charge in [0.1, 0.15) is 0 Å². The SMILES string of the molecule is Cc1ccc(S[C@H](C)C(=O)NCc2nc(C(C)(C)C)no2)cc1. The molecule has 1 heterocycles. The molecule has 1 amide bonds. The van der Waals surface area contributed by atoms with Gasteiger partial charge in [-0.15, -0.1) is 11.8 Å². The minimum atomic E-state index is -0.192. The Morgan fingerprint density at radius 2 is 1.96 bits per heavy atom. The van der Waals surface area contributed by atoms with Crippen molar-refractivity contribution in [3.63, 3.8) is 0 Å². The van der Waals surface area contributed by atoms with Crippen LogP contribution < -0.4 is 5.32 Å². The van der Waals surface area contributed by atoms with Crippen molar-refractivity contribution >= 4 is 17.7 Å². The van der Waals surface area contributed by atoms with Crippen LogP contribution in [0.1, 0.15) is 45.0 Å². The number of thioether (sulfide) groups is 1. The molecular formula is C17H23N3O2S. The van der Waals surface area contributed by atoms with E-state index in [-0.39, 0.29) is 23.1 Å². The number of carbonyl (C=O) groups excluding carboxylic acids is 1. The predicted molar refractivity (Wildman–Crippen MR) is 91.3 cm³/mol. The second-order valence-corrected chi connectivity index (χ2v) is 7.97. The summed E-state index contributed by atoms with van der Waals surface area (Å²) in [5.41, 5.74) is 1.04. The number of amides is 1. The lowest BCUT2D eigenvalue weighted by molar-refractivity contribution is -0.120. The third-order valence-corrected chi connectivity index (χ3v) is 4.37. The predicted octanol–water partition coefficient (Wildman–Crippen LogP) is 3.47. The van der Waals surface area contributed by atoms with Crippen LogP contribution >= 0.6 is 11.8 Å². The fourth-order valence-corrected chi connectivity index (χ4v) is 2.70. The standard InChI is InChI=1S/C17H23N3O2S/c1-11-6-8-13(9-7-11)23-12(2)15(21)18-10-14-19-16(20-22-14)17(3,4)5/h6-9,12H,10H2,1-5H3,(H,18,21)/t12-/m1/s1. The zero-order valence-electron chi connectivity index (χ0n) is 14.2. The van der Waals surface area contributed by atoms with Crippen LogP contribution in [0.4, 0.5) is 0 Å². The quantitative estimate of drug-likeness (QED) is 0.849. The van der Waals surface area contributed by atoms with Crippen molar-refractivity contribution in [2.75, 3.05) is 0 Å². The van der Waals surface area contributed by atoms with E-state index in [0.717, 1.165) is 4.90 Å². The van der Waals surface area contributed by atoms with E-state index in [9.17, 15) is 4.79 Å². The van der Waals surface area contributed by atoms with Crippen LogP contribution in [-0.2, 0) is 16.8 Å². The van der Waals surface area contributed by atoms with Gasteiger partial charge in [-0.2, -0.15) is 4.98 Å². The normalized spacial score (nSPS) is 12.9. The molecule has 1 aromatic heterocycles. The van der Waals surface area contributed by atoms with Gasteiger partial charge in [0, 0.05) is 10.3 Å². The molecule has 0 aliphatic carbocycles. The van der Waals surface area contributed by atoms with Crippen LogP contribution in [0.5, 0.6) is 0 Å². The van der Waals surface area contributed by atoms with E-state index < -0.39 is 0 Å². The van der Waals surface area contributed by atoms with Crippen molar-refractivity contribution in [1.82, 2.24) is 15.5 Å². The molecule has 124 valence electrons. The Hall–Kier alpha value is -1.82. The molecule has 0 aliphatic rings. The number of nitrogens with one attached hydrogen (secondary N) is 1. The van der Waals surface area contributed by atoms with Gasteiger partial charge in [-0.25, -0.2) is 0 Å².